The van der Waals surface area contributed by atoms with E-state index in [0.29, 0.717) is 18.6 Å². The molecule has 3 nitrogen and oxygen atoms in total. The molecular weight excluding hydrogens is 192 g/mol. The van der Waals surface area contributed by atoms with Gasteiger partial charge in [0.2, 0.25) is 0 Å². The topological polar surface area (TPSA) is 38.8 Å². The van der Waals surface area contributed by atoms with Crippen LogP contribution < -0.4 is 0 Å². The van der Waals surface area contributed by atoms with Gasteiger partial charge in [-0.15, -0.1) is 0 Å². The molecule has 2 rings (SSSR count). The second-order valence-corrected chi connectivity index (χ2v) is 4.69. The Kier molecular flexibility index (Phi) is 2.83. The summed E-state index contributed by atoms with van der Waals surface area (Å²) in [5.74, 6) is 0.252. The summed E-state index contributed by atoms with van der Waals surface area (Å²) in [6.07, 6.45) is 6.82. The molecule has 2 aliphatic rings. The lowest BCUT2D eigenvalue weighted by atomic mass is 9.83. The van der Waals surface area contributed by atoms with Crippen molar-refractivity contribution >= 4 is 5.97 Å². The minimum atomic E-state index is -0.234. The van der Waals surface area contributed by atoms with E-state index in [1.807, 2.05) is 6.92 Å². The highest BCUT2D eigenvalue weighted by atomic mass is 16.6. The summed E-state index contributed by atoms with van der Waals surface area (Å²) in [5.41, 5.74) is 0.157. The Labute approximate surface area is 90.4 Å². The first-order valence-electron chi connectivity index (χ1n) is 5.61. The molecule has 84 valence electrons. The van der Waals surface area contributed by atoms with E-state index in [-0.39, 0.29) is 11.6 Å². The van der Waals surface area contributed by atoms with Crippen molar-refractivity contribution in [2.24, 2.45) is 5.92 Å². The summed E-state index contributed by atoms with van der Waals surface area (Å²) in [6.45, 7) is 4.52. The summed E-state index contributed by atoms with van der Waals surface area (Å²) in [6, 6.07) is 0. The van der Waals surface area contributed by atoms with E-state index in [1.54, 1.807) is 6.08 Å². The first-order chi connectivity index (χ1) is 7.14. The third-order valence-electron chi connectivity index (χ3n) is 3.40. The van der Waals surface area contributed by atoms with Crippen LogP contribution in [0.5, 0.6) is 0 Å². The van der Waals surface area contributed by atoms with E-state index >= 15 is 0 Å². The standard InChI is InChI=1S/C12H18O3/c1-3-4-11(13)14-8-9-5-6-12(2)10(7-9)15-12/h3-4,9-10H,5-8H2,1-2H3/b4-3+. The van der Waals surface area contributed by atoms with Crippen molar-refractivity contribution in [1.82, 2.24) is 0 Å². The van der Waals surface area contributed by atoms with Crippen LogP contribution in [0.15, 0.2) is 12.2 Å². The predicted octanol–water partition coefficient (Wildman–Crippen LogP) is 2.06. The number of hydrogen-bond acceptors (Lipinski definition) is 3. The number of rotatable bonds is 3. The van der Waals surface area contributed by atoms with Gasteiger partial charge in [0.25, 0.3) is 0 Å². The van der Waals surface area contributed by atoms with Crippen molar-refractivity contribution in [3.05, 3.63) is 12.2 Å². The van der Waals surface area contributed by atoms with E-state index in [9.17, 15) is 4.79 Å². The van der Waals surface area contributed by atoms with Crippen LogP contribution in [0.1, 0.15) is 33.1 Å². The molecule has 1 aliphatic carbocycles. The number of carbonyl (C=O) groups is 1. The minimum absolute atomic E-state index is 0.157. The lowest BCUT2D eigenvalue weighted by Crippen LogP contribution is -2.24. The van der Waals surface area contributed by atoms with Gasteiger partial charge in [0, 0.05) is 6.08 Å². The van der Waals surface area contributed by atoms with Crippen LogP contribution in [0.2, 0.25) is 0 Å². The van der Waals surface area contributed by atoms with Gasteiger partial charge in [-0.3, -0.25) is 0 Å². The summed E-state index contributed by atoms with van der Waals surface area (Å²) in [7, 11) is 0. The van der Waals surface area contributed by atoms with Crippen molar-refractivity contribution in [1.29, 1.82) is 0 Å². The van der Waals surface area contributed by atoms with Gasteiger partial charge in [-0.05, 0) is 39.0 Å². The molecule has 15 heavy (non-hydrogen) atoms. The molecule has 0 aromatic heterocycles. The maximum atomic E-state index is 11.1. The highest BCUT2D eigenvalue weighted by molar-refractivity contribution is 5.81. The van der Waals surface area contributed by atoms with Gasteiger partial charge in [-0.1, -0.05) is 6.08 Å². The van der Waals surface area contributed by atoms with Crippen molar-refractivity contribution in [3.63, 3.8) is 0 Å². The van der Waals surface area contributed by atoms with Gasteiger partial charge in [-0.25, -0.2) is 4.79 Å². The lowest BCUT2D eigenvalue weighted by molar-refractivity contribution is -0.139. The number of ether oxygens (including phenoxy) is 2. The zero-order valence-corrected chi connectivity index (χ0v) is 9.36. The van der Waals surface area contributed by atoms with Gasteiger partial charge in [-0.2, -0.15) is 0 Å². The summed E-state index contributed by atoms with van der Waals surface area (Å²) >= 11 is 0. The first kappa shape index (κ1) is 10.7. The van der Waals surface area contributed by atoms with Crippen LogP contribution in [0, 0.1) is 5.92 Å². The first-order valence-corrected chi connectivity index (χ1v) is 5.61. The van der Waals surface area contributed by atoms with Crippen molar-refractivity contribution in [2.45, 2.75) is 44.8 Å². The fourth-order valence-corrected chi connectivity index (χ4v) is 2.26. The third kappa shape index (κ3) is 2.40. The van der Waals surface area contributed by atoms with Crippen LogP contribution >= 0.6 is 0 Å². The summed E-state index contributed by atoms with van der Waals surface area (Å²) in [5, 5.41) is 0. The number of carbonyl (C=O) groups excluding carboxylic acids is 1. The lowest BCUT2D eigenvalue weighted by Gasteiger charge is -2.21. The van der Waals surface area contributed by atoms with Gasteiger partial charge in [0.1, 0.15) is 0 Å². The number of hydrogen-bond donors (Lipinski definition) is 0. The van der Waals surface area contributed by atoms with Crippen LogP contribution in [0.3, 0.4) is 0 Å². The summed E-state index contributed by atoms with van der Waals surface area (Å²) in [4.78, 5) is 11.1. The van der Waals surface area contributed by atoms with E-state index < -0.39 is 0 Å². The molecule has 2 fully saturated rings. The normalized spacial score (nSPS) is 38.8. The number of fused-ring (bicyclic) bond motifs is 1. The number of allylic oxidation sites excluding steroid dienone is 1. The molecule has 0 N–H and O–H groups in total. The Bertz CT molecular complexity index is 285. The highest BCUT2D eigenvalue weighted by Gasteiger charge is 2.55. The van der Waals surface area contributed by atoms with E-state index in [4.69, 9.17) is 9.47 Å². The van der Waals surface area contributed by atoms with Crippen LogP contribution in [0.4, 0.5) is 0 Å². The molecule has 3 atom stereocenters. The number of epoxide rings is 1. The Balaban J connectivity index is 1.71. The Morgan fingerprint density at radius 1 is 1.67 bits per heavy atom. The molecule has 3 heteroatoms. The molecule has 0 spiro atoms. The molecule has 0 bridgehead atoms. The Hall–Kier alpha value is -0.830. The maximum Gasteiger partial charge on any atom is 0.330 e. The van der Waals surface area contributed by atoms with Crippen LogP contribution in [-0.4, -0.2) is 24.3 Å². The monoisotopic (exact) mass is 210 g/mol. The van der Waals surface area contributed by atoms with E-state index in [2.05, 4.69) is 6.92 Å². The highest BCUT2D eigenvalue weighted by Crippen LogP contribution is 2.49. The quantitative estimate of drug-likeness (QED) is 0.406. The Morgan fingerprint density at radius 2 is 2.47 bits per heavy atom. The summed E-state index contributed by atoms with van der Waals surface area (Å²) < 4.78 is 10.7. The second-order valence-electron chi connectivity index (χ2n) is 4.69. The smallest absolute Gasteiger partial charge is 0.330 e. The fourth-order valence-electron chi connectivity index (χ4n) is 2.26. The predicted molar refractivity (Wildman–Crippen MR) is 56.4 cm³/mol. The number of esters is 1. The maximum absolute atomic E-state index is 11.1. The minimum Gasteiger partial charge on any atom is -0.462 e. The zero-order valence-electron chi connectivity index (χ0n) is 9.36. The second kappa shape index (κ2) is 3.97. The molecule has 3 unspecified atom stereocenters. The fraction of sp³-hybridized carbons (Fsp3) is 0.750. The molecule has 1 saturated carbocycles. The molecule has 0 amide bonds. The largest absolute Gasteiger partial charge is 0.462 e. The van der Waals surface area contributed by atoms with Crippen molar-refractivity contribution < 1.29 is 14.3 Å². The molecule has 1 heterocycles. The molecule has 0 radical (unpaired) electrons. The molecule has 1 saturated heterocycles. The van der Waals surface area contributed by atoms with Crippen LogP contribution in [-0.2, 0) is 14.3 Å². The average Bonchev–Trinajstić information content (AvgIpc) is 2.86. The van der Waals surface area contributed by atoms with Gasteiger partial charge >= 0.3 is 5.97 Å². The van der Waals surface area contributed by atoms with Gasteiger partial charge in [0.15, 0.2) is 0 Å². The zero-order chi connectivity index (χ0) is 10.9. The SMILES string of the molecule is C/C=C/C(=O)OCC1CCC2(C)OC2C1. The van der Waals surface area contributed by atoms with Crippen molar-refractivity contribution in [2.75, 3.05) is 6.61 Å². The Morgan fingerprint density at radius 3 is 3.13 bits per heavy atom. The molecule has 1 aliphatic heterocycles. The van der Waals surface area contributed by atoms with Gasteiger partial charge < -0.3 is 9.47 Å². The van der Waals surface area contributed by atoms with Crippen LogP contribution in [0.25, 0.3) is 0 Å². The molecule has 0 aromatic rings. The van der Waals surface area contributed by atoms with E-state index in [0.717, 1.165) is 19.3 Å². The molecule has 0 aromatic carbocycles. The van der Waals surface area contributed by atoms with Gasteiger partial charge in [0.05, 0.1) is 18.3 Å². The average molecular weight is 210 g/mol. The van der Waals surface area contributed by atoms with Crippen molar-refractivity contribution in [3.8, 4) is 0 Å². The molecular formula is C12H18O3. The van der Waals surface area contributed by atoms with E-state index in [1.165, 1.54) is 6.08 Å². The third-order valence-corrected chi connectivity index (χ3v) is 3.40.